The highest BCUT2D eigenvalue weighted by atomic mass is 16.4. The minimum atomic E-state index is -1.53. The maximum Gasteiger partial charge on any atom is 0.328 e. The third-order valence-corrected chi connectivity index (χ3v) is 4.84. The Morgan fingerprint density at radius 1 is 0.818 bits per heavy atom. The first-order valence-corrected chi connectivity index (χ1v) is 10.8. The van der Waals surface area contributed by atoms with Crippen LogP contribution < -0.4 is 33.2 Å². The number of carboxylic acid groups (broad SMARTS) is 1. The van der Waals surface area contributed by atoms with E-state index in [9.17, 15) is 29.4 Å². The molecule has 13 nitrogen and oxygen atoms in total. The zero-order valence-electron chi connectivity index (χ0n) is 19.9. The normalized spacial score (nSPS) is 15.7. The standard InChI is InChI=1S/C20H39N7O6/c1-9(2)13(25-16(29)12(21)7-6-8-24-20(22)23)17(30)26-14(10(3)4)18(31)27-15(11(5)28)19(32)33/h9-15,28H,6-8,21H2,1-5H3,(H,25,29)(H,26,30)(H,27,31)(H,32,33)(H4,22,23,24). The molecule has 13 heteroatoms. The number of aliphatic imine (C=N–C) groups is 1. The average Bonchev–Trinajstić information content (AvgIpc) is 2.69. The highest BCUT2D eigenvalue weighted by Gasteiger charge is 2.34. The Bertz CT molecular complexity index is 707. The Labute approximate surface area is 193 Å². The summed E-state index contributed by atoms with van der Waals surface area (Å²) in [5.74, 6) is -4.13. The van der Waals surface area contributed by atoms with Crippen molar-refractivity contribution in [2.45, 2.75) is 77.7 Å². The monoisotopic (exact) mass is 473 g/mol. The second kappa shape index (κ2) is 14.3. The predicted molar refractivity (Wildman–Crippen MR) is 123 cm³/mol. The summed E-state index contributed by atoms with van der Waals surface area (Å²) >= 11 is 0. The summed E-state index contributed by atoms with van der Waals surface area (Å²) in [6, 6.07) is -4.50. The molecular formula is C20H39N7O6. The molecule has 0 aliphatic rings. The maximum absolute atomic E-state index is 12.9. The first kappa shape index (κ1) is 30.1. The second-order valence-corrected chi connectivity index (χ2v) is 8.58. The van der Waals surface area contributed by atoms with Crippen LogP contribution in [0.4, 0.5) is 0 Å². The summed E-state index contributed by atoms with van der Waals surface area (Å²) in [7, 11) is 0. The molecule has 5 unspecified atom stereocenters. The smallest absolute Gasteiger partial charge is 0.328 e. The van der Waals surface area contributed by atoms with E-state index in [4.69, 9.17) is 17.2 Å². The third kappa shape index (κ3) is 11.0. The van der Waals surface area contributed by atoms with Gasteiger partial charge in [0.25, 0.3) is 0 Å². The highest BCUT2D eigenvalue weighted by molar-refractivity contribution is 5.94. The fraction of sp³-hybridized carbons (Fsp3) is 0.750. The molecule has 0 bridgehead atoms. The molecule has 3 amide bonds. The number of nitrogens with one attached hydrogen (secondary N) is 3. The van der Waals surface area contributed by atoms with Gasteiger partial charge in [-0.25, -0.2) is 4.79 Å². The van der Waals surface area contributed by atoms with E-state index in [1.165, 1.54) is 6.92 Å². The Morgan fingerprint density at radius 3 is 1.61 bits per heavy atom. The topological polar surface area (TPSA) is 235 Å². The molecule has 0 spiro atoms. The van der Waals surface area contributed by atoms with Crippen LogP contribution in [0.15, 0.2) is 4.99 Å². The van der Waals surface area contributed by atoms with Gasteiger partial charge in [-0.3, -0.25) is 19.4 Å². The van der Waals surface area contributed by atoms with Crippen molar-refractivity contribution in [1.29, 1.82) is 0 Å². The van der Waals surface area contributed by atoms with E-state index in [1.807, 2.05) is 0 Å². The van der Waals surface area contributed by atoms with E-state index < -0.39 is 59.9 Å². The summed E-state index contributed by atoms with van der Waals surface area (Å²) in [4.78, 5) is 53.1. The van der Waals surface area contributed by atoms with Gasteiger partial charge in [-0.1, -0.05) is 27.7 Å². The Hall–Kier alpha value is -2.93. The molecule has 0 aromatic heterocycles. The number of amides is 3. The van der Waals surface area contributed by atoms with Crippen LogP contribution in [0.3, 0.4) is 0 Å². The van der Waals surface area contributed by atoms with Crippen LogP contribution in [0, 0.1) is 11.8 Å². The van der Waals surface area contributed by atoms with Crippen molar-refractivity contribution in [2.75, 3.05) is 6.54 Å². The number of nitrogens with zero attached hydrogens (tertiary/aromatic N) is 1. The molecular weight excluding hydrogens is 434 g/mol. The van der Waals surface area contributed by atoms with Crippen molar-refractivity contribution >= 4 is 29.7 Å². The van der Waals surface area contributed by atoms with Gasteiger partial charge in [-0.05, 0) is 31.6 Å². The van der Waals surface area contributed by atoms with Crippen LogP contribution in [0.25, 0.3) is 0 Å². The van der Waals surface area contributed by atoms with E-state index >= 15 is 0 Å². The van der Waals surface area contributed by atoms with Gasteiger partial charge in [0.1, 0.15) is 12.1 Å². The van der Waals surface area contributed by atoms with Crippen LogP contribution in [0.2, 0.25) is 0 Å². The van der Waals surface area contributed by atoms with Crippen molar-refractivity contribution in [2.24, 2.45) is 34.0 Å². The fourth-order valence-electron chi connectivity index (χ4n) is 2.86. The predicted octanol–water partition coefficient (Wildman–Crippen LogP) is -2.40. The van der Waals surface area contributed by atoms with Gasteiger partial charge in [-0.2, -0.15) is 0 Å². The van der Waals surface area contributed by atoms with Gasteiger partial charge in [0.2, 0.25) is 17.7 Å². The lowest BCUT2D eigenvalue weighted by Gasteiger charge is -2.29. The largest absolute Gasteiger partial charge is 0.480 e. The van der Waals surface area contributed by atoms with Gasteiger partial charge < -0.3 is 43.4 Å². The minimum absolute atomic E-state index is 0.0589. The van der Waals surface area contributed by atoms with Crippen molar-refractivity contribution < 1.29 is 29.4 Å². The summed E-state index contributed by atoms with van der Waals surface area (Å²) in [5, 5.41) is 26.1. The van der Waals surface area contributed by atoms with Gasteiger partial charge in [0.05, 0.1) is 12.1 Å². The molecule has 0 aromatic carbocycles. The third-order valence-electron chi connectivity index (χ3n) is 4.84. The number of nitrogens with two attached hydrogens (primary N) is 3. The van der Waals surface area contributed by atoms with Crippen molar-refractivity contribution in [1.82, 2.24) is 16.0 Å². The summed E-state index contributed by atoms with van der Waals surface area (Å²) < 4.78 is 0. The van der Waals surface area contributed by atoms with Gasteiger partial charge >= 0.3 is 5.97 Å². The summed E-state index contributed by atoms with van der Waals surface area (Å²) in [6.07, 6.45) is -0.581. The molecule has 190 valence electrons. The number of hydrogen-bond acceptors (Lipinski definition) is 7. The van der Waals surface area contributed by atoms with Crippen LogP contribution in [0.5, 0.6) is 0 Å². The molecule has 0 fully saturated rings. The number of aliphatic hydroxyl groups is 1. The Morgan fingerprint density at radius 2 is 1.24 bits per heavy atom. The molecule has 33 heavy (non-hydrogen) atoms. The number of carbonyl (C=O) groups is 4. The first-order valence-electron chi connectivity index (χ1n) is 10.8. The zero-order chi connectivity index (χ0) is 25.9. The van der Waals surface area contributed by atoms with Gasteiger partial charge in [0, 0.05) is 6.54 Å². The van der Waals surface area contributed by atoms with Crippen molar-refractivity contribution in [3.63, 3.8) is 0 Å². The lowest BCUT2D eigenvalue weighted by atomic mass is 9.98. The number of guanidine groups is 1. The molecule has 0 saturated carbocycles. The van der Waals surface area contributed by atoms with Crippen molar-refractivity contribution in [3.05, 3.63) is 0 Å². The van der Waals surface area contributed by atoms with Gasteiger partial charge in [0.15, 0.2) is 12.0 Å². The maximum atomic E-state index is 12.9. The Kier molecular flexibility index (Phi) is 13.0. The molecule has 0 heterocycles. The number of carbonyl (C=O) groups excluding carboxylic acids is 3. The number of rotatable bonds is 14. The molecule has 0 aliphatic carbocycles. The summed E-state index contributed by atoms with van der Waals surface area (Å²) in [6.45, 7) is 8.30. The molecule has 0 aliphatic heterocycles. The van der Waals surface area contributed by atoms with E-state index in [2.05, 4.69) is 20.9 Å². The highest BCUT2D eigenvalue weighted by Crippen LogP contribution is 2.08. The summed E-state index contributed by atoms with van der Waals surface area (Å²) in [5.41, 5.74) is 16.4. The van der Waals surface area contributed by atoms with E-state index in [-0.39, 0.29) is 11.9 Å². The SMILES string of the molecule is CC(C)C(NC(=O)C(N)CCCN=C(N)N)C(=O)NC(C(=O)NC(C(=O)O)C(C)O)C(C)C. The van der Waals surface area contributed by atoms with E-state index in [0.29, 0.717) is 19.4 Å². The van der Waals surface area contributed by atoms with Crippen LogP contribution in [-0.4, -0.2) is 76.7 Å². The van der Waals surface area contributed by atoms with Crippen LogP contribution in [0.1, 0.15) is 47.5 Å². The minimum Gasteiger partial charge on any atom is -0.480 e. The zero-order valence-corrected chi connectivity index (χ0v) is 19.9. The quantitative estimate of drug-likeness (QED) is 0.0761. The average molecular weight is 474 g/mol. The van der Waals surface area contributed by atoms with Crippen LogP contribution >= 0.6 is 0 Å². The lowest BCUT2D eigenvalue weighted by molar-refractivity contribution is -0.145. The van der Waals surface area contributed by atoms with Crippen molar-refractivity contribution in [3.8, 4) is 0 Å². The molecule has 0 radical (unpaired) electrons. The number of hydrogen-bond donors (Lipinski definition) is 8. The molecule has 0 saturated heterocycles. The number of aliphatic hydroxyl groups excluding tert-OH is 1. The molecule has 5 atom stereocenters. The molecule has 0 rings (SSSR count). The lowest BCUT2D eigenvalue weighted by Crippen LogP contribution is -2.60. The fourth-order valence-corrected chi connectivity index (χ4v) is 2.86. The second-order valence-electron chi connectivity index (χ2n) is 8.58. The molecule has 11 N–H and O–H groups in total. The number of aliphatic carboxylic acids is 1. The Balaban J connectivity index is 5.22. The van der Waals surface area contributed by atoms with Gasteiger partial charge in [-0.15, -0.1) is 0 Å². The number of carboxylic acids is 1. The first-order chi connectivity index (χ1) is 15.2. The van der Waals surface area contributed by atoms with Crippen LogP contribution in [-0.2, 0) is 19.2 Å². The van der Waals surface area contributed by atoms with E-state index in [1.54, 1.807) is 27.7 Å². The molecule has 0 aromatic rings. The van der Waals surface area contributed by atoms with E-state index in [0.717, 1.165) is 0 Å².